The van der Waals surface area contributed by atoms with Crippen LogP contribution in [0.1, 0.15) is 20.7 Å². The van der Waals surface area contributed by atoms with Gasteiger partial charge in [-0.3, -0.25) is 9.59 Å². The van der Waals surface area contributed by atoms with Crippen LogP contribution in [0.5, 0.6) is 0 Å². The van der Waals surface area contributed by atoms with Crippen LogP contribution in [0, 0.1) is 0 Å². The number of ketones is 1. The minimum atomic E-state index is -0.0250. The molecule has 1 aromatic heterocycles. The number of aldehydes is 1. The van der Waals surface area contributed by atoms with E-state index in [4.69, 9.17) is 0 Å². The van der Waals surface area contributed by atoms with Crippen molar-refractivity contribution in [1.29, 1.82) is 0 Å². The van der Waals surface area contributed by atoms with Crippen molar-refractivity contribution >= 4 is 23.0 Å². The van der Waals surface area contributed by atoms with Gasteiger partial charge in [-0.15, -0.1) is 0 Å². The normalized spacial score (nSPS) is 10.6. The molecule has 0 radical (unpaired) electrons. The zero-order valence-corrected chi connectivity index (χ0v) is 8.91. The predicted molar refractivity (Wildman–Crippen MR) is 61.9 cm³/mol. The molecule has 0 aliphatic carbocycles. The van der Waals surface area contributed by atoms with E-state index in [1.54, 1.807) is 25.4 Å². The van der Waals surface area contributed by atoms with Crippen molar-refractivity contribution in [3.8, 4) is 0 Å². The average Bonchev–Trinajstić information content (AvgIpc) is 2.72. The summed E-state index contributed by atoms with van der Waals surface area (Å²) >= 11 is 0. The molecule has 2 N–H and O–H groups in total. The second kappa shape index (κ2) is 4.28. The number of aromatic amines is 1. The maximum atomic E-state index is 11.8. The molecule has 82 valence electrons. The van der Waals surface area contributed by atoms with E-state index in [0.29, 0.717) is 16.5 Å². The number of hydrogen-bond donors (Lipinski definition) is 2. The number of fused-ring (bicyclic) bond motifs is 1. The van der Waals surface area contributed by atoms with Gasteiger partial charge in [-0.25, -0.2) is 0 Å². The molecule has 16 heavy (non-hydrogen) atoms. The summed E-state index contributed by atoms with van der Waals surface area (Å²) in [6, 6.07) is 5.34. The number of nitrogens with one attached hydrogen (secondary N) is 2. The minimum absolute atomic E-state index is 0.0250. The van der Waals surface area contributed by atoms with E-state index in [9.17, 15) is 9.59 Å². The monoisotopic (exact) mass is 216 g/mol. The summed E-state index contributed by atoms with van der Waals surface area (Å²) in [6.45, 7) is 0.264. The summed E-state index contributed by atoms with van der Waals surface area (Å²) in [5.74, 6) is -0.0250. The van der Waals surface area contributed by atoms with Gasteiger partial charge in [0.05, 0.1) is 6.54 Å². The number of benzene rings is 1. The van der Waals surface area contributed by atoms with Gasteiger partial charge in [-0.1, -0.05) is 12.1 Å². The molecule has 0 fully saturated rings. The van der Waals surface area contributed by atoms with Crippen molar-refractivity contribution < 1.29 is 9.59 Å². The molecule has 0 aliphatic heterocycles. The quantitative estimate of drug-likeness (QED) is 0.599. The van der Waals surface area contributed by atoms with Gasteiger partial charge in [0.2, 0.25) is 0 Å². The third-order valence-corrected chi connectivity index (χ3v) is 2.50. The first kappa shape index (κ1) is 10.6. The number of H-pyrrole nitrogens is 1. The second-order valence-corrected chi connectivity index (χ2v) is 3.54. The molecule has 0 unspecified atom stereocenters. The van der Waals surface area contributed by atoms with Gasteiger partial charge >= 0.3 is 0 Å². The molecule has 1 aromatic carbocycles. The molecule has 0 saturated carbocycles. The zero-order chi connectivity index (χ0) is 11.5. The van der Waals surface area contributed by atoms with E-state index in [-0.39, 0.29) is 12.3 Å². The van der Waals surface area contributed by atoms with Gasteiger partial charge in [-0.2, -0.15) is 0 Å². The van der Waals surface area contributed by atoms with Gasteiger partial charge in [0, 0.05) is 28.2 Å². The van der Waals surface area contributed by atoms with Crippen LogP contribution in [-0.2, 0) is 0 Å². The highest BCUT2D eigenvalue weighted by Gasteiger charge is 2.13. The molecule has 0 amide bonds. The fraction of sp³-hybridized carbons (Fsp3) is 0.167. The lowest BCUT2D eigenvalue weighted by Gasteiger charge is -2.00. The molecule has 0 atom stereocenters. The third-order valence-electron chi connectivity index (χ3n) is 2.50. The van der Waals surface area contributed by atoms with Gasteiger partial charge < -0.3 is 10.3 Å². The zero-order valence-electron chi connectivity index (χ0n) is 8.91. The van der Waals surface area contributed by atoms with Gasteiger partial charge in [0.1, 0.15) is 0 Å². The Kier molecular flexibility index (Phi) is 2.83. The Labute approximate surface area is 92.7 Å². The lowest BCUT2D eigenvalue weighted by molar-refractivity contribution is 0.0995. The number of Topliss-reactive ketones (excluding diaryl/α,β-unsaturated/α-hetero) is 1. The molecular weight excluding hydrogens is 204 g/mol. The van der Waals surface area contributed by atoms with Gasteiger partial charge in [0.15, 0.2) is 12.1 Å². The second-order valence-electron chi connectivity index (χ2n) is 3.54. The van der Waals surface area contributed by atoms with Crippen molar-refractivity contribution in [2.75, 3.05) is 13.6 Å². The summed E-state index contributed by atoms with van der Waals surface area (Å²) in [7, 11) is 1.72. The van der Waals surface area contributed by atoms with Gasteiger partial charge in [-0.05, 0) is 13.1 Å². The highest BCUT2D eigenvalue weighted by atomic mass is 16.1. The number of hydrogen-bond acceptors (Lipinski definition) is 3. The number of carbonyl (C=O) groups excluding carboxylic acids is 2. The molecular formula is C12H12N2O2. The molecule has 0 aliphatic rings. The summed E-state index contributed by atoms with van der Waals surface area (Å²) in [6.07, 6.45) is 2.42. The SMILES string of the molecule is CNCC(=O)c1c[nH]c2cccc(C=O)c12. The van der Waals surface area contributed by atoms with Crippen LogP contribution < -0.4 is 5.32 Å². The van der Waals surface area contributed by atoms with E-state index in [2.05, 4.69) is 10.3 Å². The molecule has 2 aromatic rings. The van der Waals surface area contributed by atoms with Crippen LogP contribution in [0.15, 0.2) is 24.4 Å². The first-order valence-corrected chi connectivity index (χ1v) is 5.01. The molecule has 2 rings (SSSR count). The Bertz CT molecular complexity index is 543. The smallest absolute Gasteiger partial charge is 0.178 e. The molecule has 4 heteroatoms. The lowest BCUT2D eigenvalue weighted by Crippen LogP contribution is -2.18. The molecule has 0 spiro atoms. The van der Waals surface area contributed by atoms with Crippen LogP contribution in [-0.4, -0.2) is 30.6 Å². The first-order valence-electron chi connectivity index (χ1n) is 5.01. The van der Waals surface area contributed by atoms with E-state index in [1.807, 2.05) is 6.07 Å². The van der Waals surface area contributed by atoms with E-state index < -0.39 is 0 Å². The van der Waals surface area contributed by atoms with Gasteiger partial charge in [0.25, 0.3) is 0 Å². The third kappa shape index (κ3) is 1.63. The highest BCUT2D eigenvalue weighted by Crippen LogP contribution is 2.21. The summed E-state index contributed by atoms with van der Waals surface area (Å²) in [5, 5.41) is 3.51. The number of aromatic nitrogens is 1. The predicted octanol–water partition coefficient (Wildman–Crippen LogP) is 1.38. The maximum absolute atomic E-state index is 11.8. The molecule has 0 saturated heterocycles. The van der Waals surface area contributed by atoms with Crippen molar-refractivity contribution in [3.63, 3.8) is 0 Å². The van der Waals surface area contributed by atoms with Crippen molar-refractivity contribution in [2.24, 2.45) is 0 Å². The highest BCUT2D eigenvalue weighted by molar-refractivity contribution is 6.13. The average molecular weight is 216 g/mol. The van der Waals surface area contributed by atoms with E-state index in [1.165, 1.54) is 0 Å². The molecule has 0 bridgehead atoms. The minimum Gasteiger partial charge on any atom is -0.360 e. The number of carbonyl (C=O) groups is 2. The van der Waals surface area contributed by atoms with Crippen molar-refractivity contribution in [1.82, 2.24) is 10.3 Å². The Morgan fingerprint density at radius 1 is 1.50 bits per heavy atom. The Morgan fingerprint density at radius 2 is 2.31 bits per heavy atom. The number of rotatable bonds is 4. The Hall–Kier alpha value is -1.94. The molecule has 1 heterocycles. The molecule has 4 nitrogen and oxygen atoms in total. The first-order chi connectivity index (χ1) is 7.77. The fourth-order valence-electron chi connectivity index (χ4n) is 1.79. The van der Waals surface area contributed by atoms with E-state index in [0.717, 1.165) is 11.8 Å². The van der Waals surface area contributed by atoms with Crippen LogP contribution in [0.4, 0.5) is 0 Å². The maximum Gasteiger partial charge on any atom is 0.178 e. The summed E-state index contributed by atoms with van der Waals surface area (Å²) in [5.41, 5.74) is 1.91. The van der Waals surface area contributed by atoms with Crippen LogP contribution in [0.2, 0.25) is 0 Å². The topological polar surface area (TPSA) is 62.0 Å². The van der Waals surface area contributed by atoms with Crippen LogP contribution >= 0.6 is 0 Å². The standard InChI is InChI=1S/C12H12N2O2/c1-13-6-11(16)9-5-14-10-4-2-3-8(7-15)12(9)10/h2-5,7,13-14H,6H2,1H3. The lowest BCUT2D eigenvalue weighted by atomic mass is 10.0. The Morgan fingerprint density at radius 3 is 3.00 bits per heavy atom. The largest absolute Gasteiger partial charge is 0.360 e. The Balaban J connectivity index is 2.62. The fourth-order valence-corrected chi connectivity index (χ4v) is 1.79. The van der Waals surface area contributed by atoms with E-state index >= 15 is 0 Å². The summed E-state index contributed by atoms with van der Waals surface area (Å²) in [4.78, 5) is 25.7. The number of likely N-dealkylation sites (N-methyl/N-ethyl adjacent to an activating group) is 1. The van der Waals surface area contributed by atoms with Crippen LogP contribution in [0.25, 0.3) is 10.9 Å². The summed E-state index contributed by atoms with van der Waals surface area (Å²) < 4.78 is 0. The van der Waals surface area contributed by atoms with Crippen molar-refractivity contribution in [2.45, 2.75) is 0 Å². The van der Waals surface area contributed by atoms with Crippen molar-refractivity contribution in [3.05, 3.63) is 35.5 Å². The van der Waals surface area contributed by atoms with Crippen LogP contribution in [0.3, 0.4) is 0 Å².